The number of carbonyl (C=O) groups is 1. The summed E-state index contributed by atoms with van der Waals surface area (Å²) < 4.78 is 0. The second-order valence-electron chi connectivity index (χ2n) is 5.08. The van der Waals surface area contributed by atoms with Crippen molar-refractivity contribution in [3.63, 3.8) is 0 Å². The van der Waals surface area contributed by atoms with Crippen LogP contribution in [0.1, 0.15) is 31.7 Å². The van der Waals surface area contributed by atoms with Crippen LogP contribution in [-0.2, 0) is 4.79 Å². The normalized spacial score (nSPS) is 19.2. The van der Waals surface area contributed by atoms with Crippen LogP contribution < -0.4 is 4.90 Å². The molecule has 0 spiro atoms. The quantitative estimate of drug-likeness (QED) is 0.872. The molecule has 0 unspecified atom stereocenters. The van der Waals surface area contributed by atoms with E-state index in [0.29, 0.717) is 12.3 Å². The molecule has 1 heterocycles. The van der Waals surface area contributed by atoms with Crippen molar-refractivity contribution < 1.29 is 9.90 Å². The van der Waals surface area contributed by atoms with Gasteiger partial charge in [0.15, 0.2) is 0 Å². The summed E-state index contributed by atoms with van der Waals surface area (Å²) in [5.41, 5.74) is 2.06. The molecule has 2 rings (SSSR count). The summed E-state index contributed by atoms with van der Waals surface area (Å²) in [6.45, 7) is 6.20. The van der Waals surface area contributed by atoms with Crippen LogP contribution in [0.3, 0.4) is 0 Å². The maximum atomic E-state index is 11.2. The average Bonchev–Trinajstić information content (AvgIpc) is 2.28. The zero-order chi connectivity index (χ0) is 12.4. The lowest BCUT2D eigenvalue weighted by molar-refractivity contribution is -0.139. The first-order valence-electron chi connectivity index (χ1n) is 6.16. The van der Waals surface area contributed by atoms with Gasteiger partial charge >= 0.3 is 5.97 Å². The second-order valence-corrected chi connectivity index (χ2v) is 5.08. The highest BCUT2D eigenvalue weighted by Gasteiger charge is 2.29. The van der Waals surface area contributed by atoms with Crippen molar-refractivity contribution in [2.45, 2.75) is 26.2 Å². The summed E-state index contributed by atoms with van der Waals surface area (Å²) >= 11 is 0. The number of rotatable bonds is 3. The fourth-order valence-electron chi connectivity index (χ4n) is 2.52. The van der Waals surface area contributed by atoms with E-state index in [4.69, 9.17) is 0 Å². The maximum absolute atomic E-state index is 11.2. The Hall–Kier alpha value is -1.51. The third kappa shape index (κ3) is 2.43. The first-order chi connectivity index (χ1) is 8.09. The van der Waals surface area contributed by atoms with E-state index in [1.165, 1.54) is 0 Å². The number of aliphatic carboxylic acids is 1. The first kappa shape index (κ1) is 12.0. The van der Waals surface area contributed by atoms with Crippen molar-refractivity contribution in [1.29, 1.82) is 0 Å². The predicted octanol–water partition coefficient (Wildman–Crippen LogP) is 2.72. The Balaban J connectivity index is 2.33. The third-order valence-electron chi connectivity index (χ3n) is 3.22. The Morgan fingerprint density at radius 3 is 2.82 bits per heavy atom. The van der Waals surface area contributed by atoms with Crippen molar-refractivity contribution in [2.75, 3.05) is 18.0 Å². The van der Waals surface area contributed by atoms with Crippen LogP contribution in [0, 0.1) is 5.92 Å². The molecule has 0 aliphatic carbocycles. The predicted molar refractivity (Wildman–Crippen MR) is 68.5 cm³/mol. The van der Waals surface area contributed by atoms with E-state index in [1.807, 2.05) is 24.3 Å². The van der Waals surface area contributed by atoms with E-state index in [0.717, 1.165) is 24.3 Å². The number of anilines is 1. The number of fused-ring (bicyclic) bond motifs is 1. The largest absolute Gasteiger partial charge is 0.481 e. The molecule has 17 heavy (non-hydrogen) atoms. The van der Waals surface area contributed by atoms with Gasteiger partial charge < -0.3 is 10.0 Å². The minimum atomic E-state index is -0.707. The molecule has 1 N–H and O–H groups in total. The molecule has 92 valence electrons. The molecule has 0 saturated heterocycles. The number of para-hydroxylation sites is 1. The van der Waals surface area contributed by atoms with Gasteiger partial charge in [-0.05, 0) is 24.0 Å². The van der Waals surface area contributed by atoms with Crippen molar-refractivity contribution in [3.8, 4) is 0 Å². The number of carboxylic acid groups (broad SMARTS) is 1. The lowest BCUT2D eigenvalue weighted by atomic mass is 9.89. The Kier molecular flexibility index (Phi) is 3.36. The van der Waals surface area contributed by atoms with Crippen LogP contribution in [0.15, 0.2) is 24.3 Å². The van der Waals surface area contributed by atoms with Crippen LogP contribution in [0.5, 0.6) is 0 Å². The van der Waals surface area contributed by atoms with Crippen molar-refractivity contribution in [3.05, 3.63) is 29.8 Å². The van der Waals surface area contributed by atoms with Crippen molar-refractivity contribution in [2.24, 2.45) is 5.92 Å². The van der Waals surface area contributed by atoms with Crippen LogP contribution in [0.25, 0.3) is 0 Å². The van der Waals surface area contributed by atoms with Gasteiger partial charge in [0.05, 0.1) is 5.92 Å². The summed E-state index contributed by atoms with van der Waals surface area (Å²) in [7, 11) is 0. The van der Waals surface area contributed by atoms with Gasteiger partial charge in [-0.1, -0.05) is 32.0 Å². The average molecular weight is 233 g/mol. The highest BCUT2D eigenvalue weighted by Crippen LogP contribution is 2.35. The molecule has 1 aliphatic heterocycles. The third-order valence-corrected chi connectivity index (χ3v) is 3.22. The van der Waals surface area contributed by atoms with Gasteiger partial charge in [0.25, 0.3) is 0 Å². The molecule has 0 radical (unpaired) electrons. The zero-order valence-electron chi connectivity index (χ0n) is 10.4. The second kappa shape index (κ2) is 4.78. The summed E-state index contributed by atoms with van der Waals surface area (Å²) in [5.74, 6) is -0.458. The van der Waals surface area contributed by atoms with Crippen molar-refractivity contribution >= 4 is 11.7 Å². The van der Waals surface area contributed by atoms with E-state index < -0.39 is 5.97 Å². The molecule has 0 fully saturated rings. The molecule has 0 amide bonds. The molecule has 0 bridgehead atoms. The summed E-state index contributed by atoms with van der Waals surface area (Å²) in [6.07, 6.45) is 0.707. The van der Waals surface area contributed by atoms with Gasteiger partial charge in [-0.3, -0.25) is 4.79 Å². The molecule has 1 aromatic rings. The smallest absolute Gasteiger partial charge is 0.311 e. The Morgan fingerprint density at radius 2 is 2.18 bits per heavy atom. The monoisotopic (exact) mass is 233 g/mol. The van der Waals surface area contributed by atoms with E-state index in [9.17, 15) is 9.90 Å². The molecule has 1 aromatic carbocycles. The number of carboxylic acids is 1. The highest BCUT2D eigenvalue weighted by molar-refractivity contribution is 5.80. The maximum Gasteiger partial charge on any atom is 0.311 e. The molecule has 1 atom stereocenters. The Labute approximate surface area is 102 Å². The van der Waals surface area contributed by atoms with E-state index in [1.54, 1.807) is 0 Å². The van der Waals surface area contributed by atoms with E-state index in [-0.39, 0.29) is 5.92 Å². The van der Waals surface area contributed by atoms with Crippen LogP contribution in [-0.4, -0.2) is 24.2 Å². The fraction of sp³-hybridized carbons (Fsp3) is 0.500. The molecule has 3 heteroatoms. The van der Waals surface area contributed by atoms with Gasteiger partial charge in [-0.25, -0.2) is 0 Å². The standard InChI is InChI=1S/C14H19NO2/c1-10(2)9-15-8-7-12(14(16)17)11-5-3-4-6-13(11)15/h3-6,10,12H,7-9H2,1-2H3,(H,16,17)/t12-/m0/s1. The molecule has 0 aromatic heterocycles. The fourth-order valence-corrected chi connectivity index (χ4v) is 2.52. The minimum absolute atomic E-state index is 0.338. The molecule has 0 saturated carbocycles. The van der Waals surface area contributed by atoms with E-state index >= 15 is 0 Å². The molecular weight excluding hydrogens is 214 g/mol. The van der Waals surface area contributed by atoms with E-state index in [2.05, 4.69) is 18.7 Å². The topological polar surface area (TPSA) is 40.5 Å². The van der Waals surface area contributed by atoms with Gasteiger partial charge in [-0.2, -0.15) is 0 Å². The zero-order valence-corrected chi connectivity index (χ0v) is 10.4. The van der Waals surface area contributed by atoms with Crippen molar-refractivity contribution in [1.82, 2.24) is 0 Å². The highest BCUT2D eigenvalue weighted by atomic mass is 16.4. The molecule has 3 nitrogen and oxygen atoms in total. The summed E-state index contributed by atoms with van der Waals surface area (Å²) in [4.78, 5) is 13.5. The summed E-state index contributed by atoms with van der Waals surface area (Å²) in [6, 6.07) is 7.89. The minimum Gasteiger partial charge on any atom is -0.481 e. The van der Waals surface area contributed by atoms with Gasteiger partial charge in [0.1, 0.15) is 0 Å². The molecular formula is C14H19NO2. The Morgan fingerprint density at radius 1 is 1.47 bits per heavy atom. The van der Waals surface area contributed by atoms with Crippen LogP contribution in [0.4, 0.5) is 5.69 Å². The SMILES string of the molecule is CC(C)CN1CC[C@H](C(=O)O)c2ccccc21. The van der Waals surface area contributed by atoms with Gasteiger partial charge in [-0.15, -0.1) is 0 Å². The number of benzene rings is 1. The van der Waals surface area contributed by atoms with Gasteiger partial charge in [0.2, 0.25) is 0 Å². The van der Waals surface area contributed by atoms with Crippen LogP contribution in [0.2, 0.25) is 0 Å². The Bertz CT molecular complexity index is 414. The lowest BCUT2D eigenvalue weighted by Gasteiger charge is -2.35. The number of nitrogens with zero attached hydrogens (tertiary/aromatic N) is 1. The first-order valence-corrected chi connectivity index (χ1v) is 6.16. The van der Waals surface area contributed by atoms with Crippen LogP contribution >= 0.6 is 0 Å². The number of hydrogen-bond donors (Lipinski definition) is 1. The number of hydrogen-bond acceptors (Lipinski definition) is 2. The summed E-state index contributed by atoms with van der Waals surface area (Å²) in [5, 5.41) is 9.23. The molecule has 1 aliphatic rings. The lowest BCUT2D eigenvalue weighted by Crippen LogP contribution is -2.35. The van der Waals surface area contributed by atoms with Gasteiger partial charge in [0, 0.05) is 18.8 Å².